The van der Waals surface area contributed by atoms with Gasteiger partial charge in [0, 0.05) is 28.7 Å². The van der Waals surface area contributed by atoms with Crippen LogP contribution in [0.25, 0.3) is 10.9 Å². The molecule has 2 saturated carbocycles. The van der Waals surface area contributed by atoms with Crippen LogP contribution in [0.5, 0.6) is 0 Å². The Morgan fingerprint density at radius 1 is 1.18 bits per heavy atom. The first-order chi connectivity index (χ1) is 8.36. The van der Waals surface area contributed by atoms with Crippen LogP contribution in [0.3, 0.4) is 0 Å². The molecular weight excluding hydrogens is 210 g/mol. The second kappa shape index (κ2) is 3.22. The van der Waals surface area contributed by atoms with E-state index in [2.05, 4.69) is 22.8 Å². The number of rotatable bonds is 3. The molecule has 0 bridgehead atoms. The van der Waals surface area contributed by atoms with Crippen molar-refractivity contribution in [2.24, 2.45) is 0 Å². The molecule has 0 unspecified atom stereocenters. The quantitative estimate of drug-likeness (QED) is 0.730. The van der Waals surface area contributed by atoms with Crippen molar-refractivity contribution in [3.63, 3.8) is 0 Å². The van der Waals surface area contributed by atoms with Gasteiger partial charge >= 0.3 is 0 Å². The summed E-state index contributed by atoms with van der Waals surface area (Å²) in [6.07, 6.45) is 8.17. The van der Waals surface area contributed by atoms with E-state index in [1.54, 1.807) is 0 Å². The summed E-state index contributed by atoms with van der Waals surface area (Å²) in [4.78, 5) is 11.2. The number of fused-ring (bicyclic) bond motifs is 1. The molecule has 4 rings (SSSR count). The molecule has 2 aromatic rings. The minimum absolute atomic E-state index is 0.637. The number of nitrogens with zero attached hydrogens (tertiary/aromatic N) is 1. The Morgan fingerprint density at radius 3 is 2.65 bits per heavy atom. The van der Waals surface area contributed by atoms with Crippen LogP contribution in [-0.4, -0.2) is 10.9 Å². The van der Waals surface area contributed by atoms with Crippen molar-refractivity contribution in [2.45, 2.75) is 37.6 Å². The van der Waals surface area contributed by atoms with Crippen LogP contribution in [0.15, 0.2) is 24.4 Å². The zero-order valence-corrected chi connectivity index (χ0v) is 9.73. The number of carbonyl (C=O) groups excluding carboxylic acids is 1. The van der Waals surface area contributed by atoms with E-state index < -0.39 is 0 Å². The first-order valence-electron chi connectivity index (χ1n) is 6.46. The molecule has 0 saturated heterocycles. The number of aromatic nitrogens is 1. The van der Waals surface area contributed by atoms with Crippen LogP contribution in [0.4, 0.5) is 0 Å². The van der Waals surface area contributed by atoms with Crippen molar-refractivity contribution in [3.05, 3.63) is 35.5 Å². The van der Waals surface area contributed by atoms with E-state index >= 15 is 0 Å². The summed E-state index contributed by atoms with van der Waals surface area (Å²) in [5.41, 5.74) is 3.50. The van der Waals surface area contributed by atoms with Gasteiger partial charge in [-0.2, -0.15) is 0 Å². The first-order valence-corrected chi connectivity index (χ1v) is 6.46. The Bertz CT molecular complexity index is 603. The molecule has 2 aliphatic carbocycles. The van der Waals surface area contributed by atoms with Gasteiger partial charge in [-0.05, 0) is 49.3 Å². The van der Waals surface area contributed by atoms with Crippen molar-refractivity contribution >= 4 is 17.2 Å². The van der Waals surface area contributed by atoms with Crippen LogP contribution in [0, 0.1) is 0 Å². The standard InChI is InChI=1S/C15H15NO/c17-9-12-8-16(13-4-5-13)15-6-3-11(7-14(12)15)10-1-2-10/h3,6-10,13H,1-2,4-5H2. The number of hydrogen-bond acceptors (Lipinski definition) is 1. The summed E-state index contributed by atoms with van der Waals surface area (Å²) in [7, 11) is 0. The van der Waals surface area contributed by atoms with Gasteiger partial charge in [-0.3, -0.25) is 4.79 Å². The minimum Gasteiger partial charge on any atom is -0.344 e. The average molecular weight is 225 g/mol. The molecule has 0 amide bonds. The molecule has 0 spiro atoms. The Hall–Kier alpha value is -1.57. The predicted octanol–water partition coefficient (Wildman–Crippen LogP) is 3.67. The highest BCUT2D eigenvalue weighted by atomic mass is 16.1. The van der Waals surface area contributed by atoms with Crippen molar-refractivity contribution < 1.29 is 4.79 Å². The fourth-order valence-corrected chi connectivity index (χ4v) is 2.72. The molecule has 1 aromatic heterocycles. The van der Waals surface area contributed by atoms with Gasteiger partial charge in [-0.15, -0.1) is 0 Å². The second-order valence-corrected chi connectivity index (χ2v) is 5.39. The highest BCUT2D eigenvalue weighted by molar-refractivity contribution is 5.98. The molecule has 2 heteroatoms. The molecule has 0 aliphatic heterocycles. The van der Waals surface area contributed by atoms with Crippen molar-refractivity contribution in [1.29, 1.82) is 0 Å². The summed E-state index contributed by atoms with van der Waals surface area (Å²) in [5.74, 6) is 0.753. The Labute approximate surface area is 100 Å². The highest BCUT2D eigenvalue weighted by Crippen LogP contribution is 2.43. The smallest absolute Gasteiger partial charge is 0.152 e. The summed E-state index contributed by atoms with van der Waals surface area (Å²) in [5, 5.41) is 1.15. The normalized spacial score (nSPS) is 19.8. The van der Waals surface area contributed by atoms with Gasteiger partial charge in [-0.25, -0.2) is 0 Å². The largest absolute Gasteiger partial charge is 0.344 e. The van der Waals surface area contributed by atoms with Crippen LogP contribution < -0.4 is 0 Å². The molecule has 17 heavy (non-hydrogen) atoms. The van der Waals surface area contributed by atoms with Gasteiger partial charge in [0.1, 0.15) is 0 Å². The SMILES string of the molecule is O=Cc1cn(C2CC2)c2ccc(C3CC3)cc12. The number of benzene rings is 1. The van der Waals surface area contributed by atoms with Gasteiger partial charge < -0.3 is 4.57 Å². The molecular formula is C15H15NO. The van der Waals surface area contributed by atoms with Crippen LogP contribution in [0.2, 0.25) is 0 Å². The lowest BCUT2D eigenvalue weighted by atomic mass is 10.1. The van der Waals surface area contributed by atoms with Crippen LogP contribution >= 0.6 is 0 Å². The lowest BCUT2D eigenvalue weighted by Crippen LogP contribution is -1.90. The lowest BCUT2D eigenvalue weighted by molar-refractivity contribution is 0.112. The van der Waals surface area contributed by atoms with Crippen molar-refractivity contribution in [3.8, 4) is 0 Å². The zero-order chi connectivity index (χ0) is 11.4. The van der Waals surface area contributed by atoms with Gasteiger partial charge in [0.05, 0.1) is 0 Å². The first kappa shape index (κ1) is 9.46. The van der Waals surface area contributed by atoms with Crippen molar-refractivity contribution in [1.82, 2.24) is 4.57 Å². The monoisotopic (exact) mass is 225 g/mol. The number of hydrogen-bond donors (Lipinski definition) is 0. The fraction of sp³-hybridized carbons (Fsp3) is 0.400. The number of carbonyl (C=O) groups is 1. The molecule has 2 nitrogen and oxygen atoms in total. The van der Waals surface area contributed by atoms with E-state index in [4.69, 9.17) is 0 Å². The Morgan fingerprint density at radius 2 is 2.00 bits per heavy atom. The molecule has 1 heterocycles. The van der Waals surface area contributed by atoms with E-state index in [0.29, 0.717) is 6.04 Å². The molecule has 1 aromatic carbocycles. The summed E-state index contributed by atoms with van der Waals surface area (Å²) < 4.78 is 2.29. The maximum Gasteiger partial charge on any atom is 0.152 e. The van der Waals surface area contributed by atoms with E-state index in [-0.39, 0.29) is 0 Å². The number of aldehydes is 1. The molecule has 0 atom stereocenters. The second-order valence-electron chi connectivity index (χ2n) is 5.39. The maximum absolute atomic E-state index is 11.2. The topological polar surface area (TPSA) is 22.0 Å². The third-order valence-corrected chi connectivity index (χ3v) is 4.00. The van der Waals surface area contributed by atoms with Gasteiger partial charge in [-0.1, -0.05) is 6.07 Å². The molecule has 2 fully saturated rings. The van der Waals surface area contributed by atoms with Gasteiger partial charge in [0.2, 0.25) is 0 Å². The Kier molecular flexibility index (Phi) is 1.79. The van der Waals surface area contributed by atoms with E-state index in [1.807, 2.05) is 6.20 Å². The third-order valence-electron chi connectivity index (χ3n) is 4.00. The third kappa shape index (κ3) is 1.43. The Balaban J connectivity index is 1.94. The average Bonchev–Trinajstić information content (AvgIpc) is 3.24. The molecule has 2 aliphatic rings. The van der Waals surface area contributed by atoms with E-state index in [9.17, 15) is 4.79 Å². The summed E-state index contributed by atoms with van der Waals surface area (Å²) >= 11 is 0. The van der Waals surface area contributed by atoms with E-state index in [0.717, 1.165) is 23.2 Å². The highest BCUT2D eigenvalue weighted by Gasteiger charge is 2.27. The molecule has 0 N–H and O–H groups in total. The van der Waals surface area contributed by atoms with Crippen LogP contribution in [0.1, 0.15) is 53.6 Å². The fourth-order valence-electron chi connectivity index (χ4n) is 2.72. The minimum atomic E-state index is 0.637. The molecule has 86 valence electrons. The van der Waals surface area contributed by atoms with E-state index in [1.165, 1.54) is 36.8 Å². The maximum atomic E-state index is 11.2. The zero-order valence-electron chi connectivity index (χ0n) is 9.73. The van der Waals surface area contributed by atoms with Crippen molar-refractivity contribution in [2.75, 3.05) is 0 Å². The predicted molar refractivity (Wildman–Crippen MR) is 67.6 cm³/mol. The summed E-state index contributed by atoms with van der Waals surface area (Å²) in [6.45, 7) is 0. The summed E-state index contributed by atoms with van der Waals surface area (Å²) in [6, 6.07) is 7.31. The van der Waals surface area contributed by atoms with Gasteiger partial charge in [0.15, 0.2) is 6.29 Å². The lowest BCUT2D eigenvalue weighted by Gasteiger charge is -2.03. The molecule has 0 radical (unpaired) electrons. The van der Waals surface area contributed by atoms with Gasteiger partial charge in [0.25, 0.3) is 0 Å². The van der Waals surface area contributed by atoms with Crippen LogP contribution in [-0.2, 0) is 0 Å².